The molecular formula is C15H24N2O2. The minimum atomic E-state index is -0.313. The van der Waals surface area contributed by atoms with E-state index in [1.54, 1.807) is 6.92 Å². The number of esters is 1. The molecule has 0 bridgehead atoms. The molecular weight excluding hydrogens is 240 g/mol. The Labute approximate surface area is 115 Å². The average molecular weight is 264 g/mol. The summed E-state index contributed by atoms with van der Waals surface area (Å²) in [7, 11) is 3.85. The van der Waals surface area contributed by atoms with Crippen molar-refractivity contribution < 1.29 is 9.53 Å². The molecule has 0 aliphatic rings. The van der Waals surface area contributed by atoms with Gasteiger partial charge in [0.2, 0.25) is 0 Å². The van der Waals surface area contributed by atoms with Gasteiger partial charge in [0.25, 0.3) is 0 Å². The normalized spacial score (nSPS) is 9.53. The smallest absolute Gasteiger partial charge is 0.333 e. The first-order valence-corrected chi connectivity index (χ1v) is 6.18. The summed E-state index contributed by atoms with van der Waals surface area (Å²) in [6.45, 7) is 6.92. The van der Waals surface area contributed by atoms with E-state index in [0.717, 1.165) is 6.54 Å². The molecule has 0 spiro atoms. The Kier molecular flexibility index (Phi) is 9.40. The summed E-state index contributed by atoms with van der Waals surface area (Å²) in [6, 6.07) is 9.99. The van der Waals surface area contributed by atoms with Crippen molar-refractivity contribution in [2.24, 2.45) is 5.73 Å². The lowest BCUT2D eigenvalue weighted by atomic mass is 10.2. The van der Waals surface area contributed by atoms with Crippen LogP contribution in [0.1, 0.15) is 12.5 Å². The molecule has 0 saturated heterocycles. The summed E-state index contributed by atoms with van der Waals surface area (Å²) in [5.74, 6) is -0.313. The fraction of sp³-hybridized carbons (Fsp3) is 0.400. The zero-order valence-electron chi connectivity index (χ0n) is 12.1. The van der Waals surface area contributed by atoms with Crippen molar-refractivity contribution in [1.29, 1.82) is 0 Å². The molecule has 0 radical (unpaired) electrons. The van der Waals surface area contributed by atoms with Gasteiger partial charge < -0.3 is 15.4 Å². The molecule has 106 valence electrons. The van der Waals surface area contributed by atoms with E-state index >= 15 is 0 Å². The van der Waals surface area contributed by atoms with Crippen molar-refractivity contribution in [3.63, 3.8) is 0 Å². The van der Waals surface area contributed by atoms with Crippen molar-refractivity contribution in [2.45, 2.75) is 13.5 Å². The van der Waals surface area contributed by atoms with Crippen LogP contribution in [-0.4, -0.2) is 38.1 Å². The molecule has 0 fully saturated rings. The maximum Gasteiger partial charge on any atom is 0.333 e. The number of rotatable bonds is 5. The number of carbonyl (C=O) groups excluding carboxylic acids is 1. The van der Waals surface area contributed by atoms with Crippen LogP contribution in [0, 0.1) is 0 Å². The molecule has 1 aromatic rings. The highest BCUT2D eigenvalue weighted by atomic mass is 16.5. The van der Waals surface area contributed by atoms with Crippen molar-refractivity contribution in [3.8, 4) is 0 Å². The maximum atomic E-state index is 10.8. The fourth-order valence-electron chi connectivity index (χ4n) is 1.06. The van der Waals surface area contributed by atoms with Gasteiger partial charge in [-0.1, -0.05) is 36.9 Å². The molecule has 2 N–H and O–H groups in total. The topological polar surface area (TPSA) is 55.6 Å². The van der Waals surface area contributed by atoms with Crippen LogP contribution in [0.2, 0.25) is 0 Å². The lowest BCUT2D eigenvalue weighted by molar-refractivity contribution is -0.139. The summed E-state index contributed by atoms with van der Waals surface area (Å²) >= 11 is 0. The predicted molar refractivity (Wildman–Crippen MR) is 78.7 cm³/mol. The zero-order valence-corrected chi connectivity index (χ0v) is 12.1. The SMILES string of the molecule is C=C(C)C(=O)OCCN(C)C.NCc1ccccc1. The van der Waals surface area contributed by atoms with Gasteiger partial charge in [-0.3, -0.25) is 0 Å². The molecule has 4 heteroatoms. The molecule has 19 heavy (non-hydrogen) atoms. The van der Waals surface area contributed by atoms with Gasteiger partial charge in [0.15, 0.2) is 0 Å². The third-order valence-electron chi connectivity index (χ3n) is 2.20. The highest BCUT2D eigenvalue weighted by Crippen LogP contribution is 1.94. The van der Waals surface area contributed by atoms with Gasteiger partial charge in [-0.15, -0.1) is 0 Å². The zero-order chi connectivity index (χ0) is 14.7. The van der Waals surface area contributed by atoms with E-state index in [-0.39, 0.29) is 5.97 Å². The minimum absolute atomic E-state index is 0.313. The molecule has 0 unspecified atom stereocenters. The number of ether oxygens (including phenoxy) is 1. The number of hydrogen-bond donors (Lipinski definition) is 1. The van der Waals surface area contributed by atoms with Crippen LogP contribution in [0.3, 0.4) is 0 Å². The van der Waals surface area contributed by atoms with E-state index in [2.05, 4.69) is 6.58 Å². The molecule has 0 atom stereocenters. The standard InChI is InChI=1S/C8H15NO2.C7H9N/c1-7(2)8(10)11-6-5-9(3)4;8-6-7-4-2-1-3-5-7/h1,5-6H2,2-4H3;1-5H,6,8H2. The Morgan fingerprint density at radius 1 is 1.32 bits per heavy atom. The van der Waals surface area contributed by atoms with Gasteiger partial charge in [-0.05, 0) is 26.6 Å². The average Bonchev–Trinajstić information content (AvgIpc) is 2.39. The molecule has 0 aromatic heterocycles. The summed E-state index contributed by atoms with van der Waals surface area (Å²) in [4.78, 5) is 12.7. The number of hydrogen-bond acceptors (Lipinski definition) is 4. The van der Waals surface area contributed by atoms with Gasteiger partial charge in [-0.2, -0.15) is 0 Å². The number of benzene rings is 1. The largest absolute Gasteiger partial charge is 0.461 e. The quantitative estimate of drug-likeness (QED) is 0.651. The minimum Gasteiger partial charge on any atom is -0.461 e. The Bertz CT molecular complexity index is 375. The second-order valence-corrected chi connectivity index (χ2v) is 4.41. The molecule has 0 heterocycles. The molecule has 0 aliphatic carbocycles. The lowest BCUT2D eigenvalue weighted by Gasteiger charge is -2.09. The van der Waals surface area contributed by atoms with Gasteiger partial charge in [0.1, 0.15) is 6.61 Å². The molecule has 4 nitrogen and oxygen atoms in total. The van der Waals surface area contributed by atoms with E-state index in [1.807, 2.05) is 49.3 Å². The van der Waals surface area contributed by atoms with Gasteiger partial charge >= 0.3 is 5.97 Å². The monoisotopic (exact) mass is 264 g/mol. The van der Waals surface area contributed by atoms with E-state index in [9.17, 15) is 4.79 Å². The Morgan fingerprint density at radius 2 is 1.89 bits per heavy atom. The molecule has 0 saturated carbocycles. The second-order valence-electron chi connectivity index (χ2n) is 4.41. The number of nitrogens with two attached hydrogens (primary N) is 1. The van der Waals surface area contributed by atoms with E-state index in [0.29, 0.717) is 18.7 Å². The molecule has 1 aromatic carbocycles. The lowest BCUT2D eigenvalue weighted by Crippen LogP contribution is -2.20. The van der Waals surface area contributed by atoms with E-state index < -0.39 is 0 Å². The van der Waals surface area contributed by atoms with Gasteiger partial charge in [-0.25, -0.2) is 4.79 Å². The maximum absolute atomic E-state index is 10.8. The first-order valence-electron chi connectivity index (χ1n) is 6.18. The van der Waals surface area contributed by atoms with Crippen LogP contribution in [0.5, 0.6) is 0 Å². The van der Waals surface area contributed by atoms with Crippen LogP contribution in [0.25, 0.3) is 0 Å². The molecule has 1 rings (SSSR count). The molecule has 0 amide bonds. The highest BCUT2D eigenvalue weighted by molar-refractivity contribution is 5.86. The van der Waals surface area contributed by atoms with Crippen molar-refractivity contribution in [1.82, 2.24) is 4.90 Å². The van der Waals surface area contributed by atoms with Crippen molar-refractivity contribution in [2.75, 3.05) is 27.2 Å². The third kappa shape index (κ3) is 10.00. The van der Waals surface area contributed by atoms with Crippen LogP contribution in [0.4, 0.5) is 0 Å². The van der Waals surface area contributed by atoms with Crippen LogP contribution < -0.4 is 5.73 Å². The Morgan fingerprint density at radius 3 is 2.26 bits per heavy atom. The van der Waals surface area contributed by atoms with Gasteiger partial charge in [0.05, 0.1) is 0 Å². The van der Waals surface area contributed by atoms with Crippen LogP contribution in [-0.2, 0) is 16.1 Å². The first-order chi connectivity index (χ1) is 8.97. The summed E-state index contributed by atoms with van der Waals surface area (Å²) < 4.78 is 4.83. The van der Waals surface area contributed by atoms with Crippen molar-refractivity contribution in [3.05, 3.63) is 48.0 Å². The highest BCUT2D eigenvalue weighted by Gasteiger charge is 2.01. The number of likely N-dealkylation sites (N-methyl/N-ethyl adjacent to an activating group) is 1. The third-order valence-corrected chi connectivity index (χ3v) is 2.20. The Hall–Kier alpha value is -1.65. The number of carbonyl (C=O) groups is 1. The van der Waals surface area contributed by atoms with E-state index in [1.165, 1.54) is 5.56 Å². The van der Waals surface area contributed by atoms with E-state index in [4.69, 9.17) is 10.5 Å². The second kappa shape index (κ2) is 10.3. The van der Waals surface area contributed by atoms with Crippen molar-refractivity contribution >= 4 is 5.97 Å². The molecule has 0 aliphatic heterocycles. The predicted octanol–water partition coefficient (Wildman–Crippen LogP) is 1.81. The first kappa shape index (κ1) is 17.4. The van der Waals surface area contributed by atoms with Crippen LogP contribution in [0.15, 0.2) is 42.5 Å². The fourth-order valence-corrected chi connectivity index (χ4v) is 1.06. The van der Waals surface area contributed by atoms with Crippen LogP contribution >= 0.6 is 0 Å². The Balaban J connectivity index is 0.000000356. The van der Waals surface area contributed by atoms with Gasteiger partial charge in [0, 0.05) is 18.7 Å². The summed E-state index contributed by atoms with van der Waals surface area (Å²) in [6.07, 6.45) is 0. The number of nitrogens with zero attached hydrogens (tertiary/aromatic N) is 1. The summed E-state index contributed by atoms with van der Waals surface area (Å²) in [5, 5.41) is 0. The summed E-state index contributed by atoms with van der Waals surface area (Å²) in [5.41, 5.74) is 6.99.